The molecule has 2 aliphatic rings. The van der Waals surface area contributed by atoms with E-state index < -0.39 is 35.4 Å². The number of carbonyl (C=O) groups is 2. The zero-order chi connectivity index (χ0) is 34.7. The molecule has 0 saturated carbocycles. The normalized spacial score (nSPS) is 17.5. The van der Waals surface area contributed by atoms with Crippen molar-refractivity contribution in [2.75, 3.05) is 59.7 Å². The highest BCUT2D eigenvalue weighted by Gasteiger charge is 2.42. The molecule has 2 aliphatic heterocycles. The number of halogens is 4. The smallest absolute Gasteiger partial charge is 0.417 e. The summed E-state index contributed by atoms with van der Waals surface area (Å²) in [6, 6.07) is 16.4. The molecule has 2 saturated heterocycles. The Morgan fingerprint density at radius 2 is 1.76 bits per heavy atom. The van der Waals surface area contributed by atoms with Crippen LogP contribution in [0.2, 0.25) is 0 Å². The van der Waals surface area contributed by atoms with Crippen molar-refractivity contribution >= 4 is 47.8 Å². The van der Waals surface area contributed by atoms with E-state index in [0.29, 0.717) is 51.5 Å². The van der Waals surface area contributed by atoms with Crippen molar-refractivity contribution in [3.8, 4) is 0 Å². The van der Waals surface area contributed by atoms with Crippen LogP contribution in [0.15, 0.2) is 71.3 Å². The Balaban J connectivity index is 1.09. The Kier molecular flexibility index (Phi) is 9.99. The van der Waals surface area contributed by atoms with Crippen LogP contribution in [0.3, 0.4) is 0 Å². The molecule has 4 aromatic rings. The average molecular weight is 698 g/mol. The van der Waals surface area contributed by atoms with Crippen molar-refractivity contribution in [2.24, 2.45) is 0 Å². The van der Waals surface area contributed by atoms with E-state index in [0.717, 1.165) is 17.5 Å². The van der Waals surface area contributed by atoms with E-state index in [2.05, 4.69) is 39.3 Å². The van der Waals surface area contributed by atoms with Gasteiger partial charge in [0.15, 0.2) is 5.69 Å². The number of amides is 3. The lowest BCUT2D eigenvalue weighted by Gasteiger charge is -2.35. The predicted molar refractivity (Wildman–Crippen MR) is 181 cm³/mol. The molecule has 4 heterocycles. The van der Waals surface area contributed by atoms with Crippen molar-refractivity contribution in [1.82, 2.24) is 14.9 Å². The number of piperazine rings is 1. The number of pyridine rings is 1. The van der Waals surface area contributed by atoms with Gasteiger partial charge in [0, 0.05) is 50.4 Å². The van der Waals surface area contributed by atoms with E-state index in [4.69, 9.17) is 4.42 Å². The molecular formula is C34H35F4N7O3S. The molecule has 3 amide bonds. The molecule has 2 fully saturated rings. The zero-order valence-corrected chi connectivity index (χ0v) is 27.5. The minimum atomic E-state index is -4.92. The van der Waals surface area contributed by atoms with Crippen LogP contribution < -0.4 is 20.4 Å². The van der Waals surface area contributed by atoms with Gasteiger partial charge in [0.25, 0.3) is 11.9 Å². The number of alkyl halides is 3. The SMILES string of the molecule is C[C@@H](S)c1cccc(C2CCCN(c3nc(C(F)(F)F)c(C(=O)Nc4ccc(N5CCN(C(=O)Nc6ccccc6F)CC5)nc4)o3)C2)c1. The summed E-state index contributed by atoms with van der Waals surface area (Å²) in [6.45, 7) is 4.39. The van der Waals surface area contributed by atoms with Gasteiger partial charge in [0.2, 0.25) is 5.76 Å². The van der Waals surface area contributed by atoms with Gasteiger partial charge in [-0.25, -0.2) is 14.2 Å². The van der Waals surface area contributed by atoms with Crippen molar-refractivity contribution in [2.45, 2.75) is 37.1 Å². The number of benzene rings is 2. The van der Waals surface area contributed by atoms with Crippen LogP contribution in [0.25, 0.3) is 0 Å². The Morgan fingerprint density at radius 1 is 0.980 bits per heavy atom. The van der Waals surface area contributed by atoms with Crippen LogP contribution in [0.1, 0.15) is 58.3 Å². The number of hydrogen-bond acceptors (Lipinski definition) is 8. The number of carbonyl (C=O) groups excluding carboxylic acids is 2. The summed E-state index contributed by atoms with van der Waals surface area (Å²) in [5, 5.41) is 5.06. The molecular weight excluding hydrogens is 662 g/mol. The van der Waals surface area contributed by atoms with Crippen LogP contribution in [0.5, 0.6) is 0 Å². The quantitative estimate of drug-likeness (QED) is 0.139. The van der Waals surface area contributed by atoms with Crippen LogP contribution >= 0.6 is 12.6 Å². The van der Waals surface area contributed by atoms with Crippen molar-refractivity contribution in [3.63, 3.8) is 0 Å². The number of piperidine rings is 1. The number of oxazole rings is 1. The van der Waals surface area contributed by atoms with E-state index >= 15 is 0 Å². The highest BCUT2D eigenvalue weighted by molar-refractivity contribution is 7.80. The van der Waals surface area contributed by atoms with Crippen LogP contribution in [-0.4, -0.2) is 66.1 Å². The Hall–Kier alpha value is -4.79. The maximum Gasteiger partial charge on any atom is 0.437 e. The zero-order valence-electron chi connectivity index (χ0n) is 26.6. The number of para-hydroxylation sites is 1. The summed E-state index contributed by atoms with van der Waals surface area (Å²) in [7, 11) is 0. The van der Waals surface area contributed by atoms with Gasteiger partial charge in [-0.2, -0.15) is 30.8 Å². The van der Waals surface area contributed by atoms with Gasteiger partial charge in [-0.1, -0.05) is 36.4 Å². The average Bonchev–Trinajstić information content (AvgIpc) is 3.57. The lowest BCUT2D eigenvalue weighted by molar-refractivity contribution is -0.141. The summed E-state index contributed by atoms with van der Waals surface area (Å²) in [6.07, 6.45) is -2.02. The van der Waals surface area contributed by atoms with Gasteiger partial charge in [-0.15, -0.1) is 0 Å². The van der Waals surface area contributed by atoms with Crippen LogP contribution in [0, 0.1) is 5.82 Å². The third-order valence-corrected chi connectivity index (χ3v) is 8.96. The minimum absolute atomic E-state index is 0.0399. The predicted octanol–water partition coefficient (Wildman–Crippen LogP) is 7.21. The number of anilines is 4. The number of thiol groups is 1. The van der Waals surface area contributed by atoms with Crippen LogP contribution in [0.4, 0.5) is 45.6 Å². The molecule has 0 radical (unpaired) electrons. The summed E-state index contributed by atoms with van der Waals surface area (Å²) >= 11 is 4.51. The molecule has 258 valence electrons. The molecule has 10 nitrogen and oxygen atoms in total. The Morgan fingerprint density at radius 3 is 2.45 bits per heavy atom. The lowest BCUT2D eigenvalue weighted by atomic mass is 9.89. The largest absolute Gasteiger partial charge is 0.437 e. The number of aromatic nitrogens is 2. The molecule has 2 aromatic carbocycles. The summed E-state index contributed by atoms with van der Waals surface area (Å²) in [5.41, 5.74) is 0.986. The molecule has 49 heavy (non-hydrogen) atoms. The van der Waals surface area contributed by atoms with E-state index in [1.54, 1.807) is 21.9 Å². The van der Waals surface area contributed by atoms with Crippen molar-refractivity contribution in [1.29, 1.82) is 0 Å². The third-order valence-electron chi connectivity index (χ3n) is 8.66. The van der Waals surface area contributed by atoms with E-state index in [-0.39, 0.29) is 28.6 Å². The first-order valence-corrected chi connectivity index (χ1v) is 16.4. The van der Waals surface area contributed by atoms with Gasteiger partial charge >= 0.3 is 12.2 Å². The fraction of sp³-hybridized carbons (Fsp3) is 0.353. The second-order valence-corrected chi connectivity index (χ2v) is 12.8. The summed E-state index contributed by atoms with van der Waals surface area (Å²) < 4.78 is 61.6. The van der Waals surface area contributed by atoms with Gasteiger partial charge in [-0.3, -0.25) is 4.79 Å². The first kappa shape index (κ1) is 34.1. The number of rotatable bonds is 7. The molecule has 1 unspecified atom stereocenters. The molecule has 0 aliphatic carbocycles. The maximum absolute atomic E-state index is 14.1. The molecule has 2 aromatic heterocycles. The fourth-order valence-electron chi connectivity index (χ4n) is 6.02. The molecule has 0 spiro atoms. The van der Waals surface area contributed by atoms with Crippen LogP contribution in [-0.2, 0) is 6.18 Å². The van der Waals surface area contributed by atoms with Gasteiger partial charge in [-0.05, 0) is 55.2 Å². The van der Waals surface area contributed by atoms with Gasteiger partial charge < -0.3 is 29.8 Å². The summed E-state index contributed by atoms with van der Waals surface area (Å²) in [5.74, 6) is -1.95. The molecule has 2 atom stereocenters. The highest BCUT2D eigenvalue weighted by Crippen LogP contribution is 2.37. The standard InChI is InChI=1S/C34H35F4N7O3S/c1-21(49)22-6-4-7-23(18-22)24-8-5-13-45(20-24)33-42-30(34(36,37)38)29(48-33)31(46)40-25-11-12-28(39-19-25)43-14-16-44(17-15-43)32(47)41-27-10-3-2-9-26(27)35/h2-4,6-7,9-12,18-19,21,24,49H,5,8,13-17,20H2,1H3,(H,40,46)(H,41,47)/t21-,24?/m1/s1. The lowest BCUT2D eigenvalue weighted by Crippen LogP contribution is -2.50. The number of hydrogen-bond donors (Lipinski definition) is 3. The minimum Gasteiger partial charge on any atom is -0.417 e. The molecule has 6 rings (SSSR count). The first-order chi connectivity index (χ1) is 23.5. The number of nitrogens with one attached hydrogen (secondary N) is 2. The van der Waals surface area contributed by atoms with E-state index in [9.17, 15) is 27.2 Å². The fourth-order valence-corrected chi connectivity index (χ4v) is 6.18. The topological polar surface area (TPSA) is 107 Å². The Bertz CT molecular complexity index is 1790. The first-order valence-electron chi connectivity index (χ1n) is 15.9. The van der Waals surface area contributed by atoms with E-state index in [1.807, 2.05) is 30.0 Å². The molecule has 15 heteroatoms. The molecule has 0 bridgehead atoms. The van der Waals surface area contributed by atoms with Gasteiger partial charge in [0.1, 0.15) is 11.6 Å². The van der Waals surface area contributed by atoms with Gasteiger partial charge in [0.05, 0.1) is 17.6 Å². The van der Waals surface area contributed by atoms with E-state index in [1.165, 1.54) is 30.5 Å². The monoisotopic (exact) mass is 697 g/mol. The second-order valence-electron chi connectivity index (χ2n) is 12.0. The van der Waals surface area contributed by atoms with Crippen molar-refractivity contribution < 1.29 is 31.6 Å². The number of nitrogens with zero attached hydrogens (tertiary/aromatic N) is 5. The summed E-state index contributed by atoms with van der Waals surface area (Å²) in [4.78, 5) is 39.0. The number of urea groups is 1. The van der Waals surface area contributed by atoms with Crippen molar-refractivity contribution in [3.05, 3.63) is 95.3 Å². The second kappa shape index (κ2) is 14.4. The highest BCUT2D eigenvalue weighted by atomic mass is 32.1. The third kappa shape index (κ3) is 7.93. The molecule has 2 N–H and O–H groups in total. The Labute approximate surface area is 285 Å². The maximum atomic E-state index is 14.1.